The van der Waals surface area contributed by atoms with E-state index in [0.717, 1.165) is 18.7 Å². The van der Waals surface area contributed by atoms with Crippen LogP contribution in [0, 0.1) is 5.92 Å². The van der Waals surface area contributed by atoms with Crippen LogP contribution in [0.1, 0.15) is 31.5 Å². The molecule has 0 amide bonds. The molecule has 1 aliphatic heterocycles. The van der Waals surface area contributed by atoms with E-state index < -0.39 is 12.1 Å². The van der Waals surface area contributed by atoms with Gasteiger partial charge in [0, 0.05) is 19.5 Å². The van der Waals surface area contributed by atoms with Crippen molar-refractivity contribution >= 4 is 0 Å². The van der Waals surface area contributed by atoms with Gasteiger partial charge < -0.3 is 9.47 Å². The van der Waals surface area contributed by atoms with E-state index >= 15 is 0 Å². The van der Waals surface area contributed by atoms with Crippen molar-refractivity contribution in [2.75, 3.05) is 19.6 Å². The minimum Gasteiger partial charge on any atom is -0.320 e. The summed E-state index contributed by atoms with van der Waals surface area (Å²) in [5, 5.41) is 7.93. The Bertz CT molecular complexity index is 407. The maximum absolute atomic E-state index is 12.5. The van der Waals surface area contributed by atoms with Crippen molar-refractivity contribution in [3.63, 3.8) is 0 Å². The first-order chi connectivity index (χ1) is 8.88. The van der Waals surface area contributed by atoms with Gasteiger partial charge in [-0.2, -0.15) is 13.2 Å². The molecular formula is C12H19F3N4. The number of nitrogens with zero attached hydrogens (tertiary/aromatic N) is 4. The molecule has 4 nitrogen and oxygen atoms in total. The van der Waals surface area contributed by atoms with E-state index in [1.807, 2.05) is 16.5 Å². The molecule has 0 aromatic carbocycles. The van der Waals surface area contributed by atoms with Gasteiger partial charge in [-0.05, 0) is 25.9 Å². The molecule has 1 saturated heterocycles. The van der Waals surface area contributed by atoms with Gasteiger partial charge in [0.1, 0.15) is 12.2 Å². The zero-order chi connectivity index (χ0) is 14.0. The van der Waals surface area contributed by atoms with Gasteiger partial charge in [0.05, 0.1) is 5.92 Å². The van der Waals surface area contributed by atoms with Crippen LogP contribution in [-0.4, -0.2) is 45.5 Å². The van der Waals surface area contributed by atoms with Gasteiger partial charge >= 0.3 is 6.18 Å². The third-order valence-electron chi connectivity index (χ3n) is 3.79. The molecule has 1 aromatic rings. The van der Waals surface area contributed by atoms with Crippen LogP contribution in [0.5, 0.6) is 0 Å². The number of hydrogen-bond acceptors (Lipinski definition) is 3. The van der Waals surface area contributed by atoms with Crippen LogP contribution >= 0.6 is 0 Å². The molecular weight excluding hydrogens is 257 g/mol. The summed E-state index contributed by atoms with van der Waals surface area (Å²) in [6, 6.07) is 0. The summed E-state index contributed by atoms with van der Waals surface area (Å²) in [6.07, 6.45) is -0.748. The molecule has 2 heterocycles. The molecule has 7 heteroatoms. The van der Waals surface area contributed by atoms with Crippen molar-refractivity contribution < 1.29 is 13.2 Å². The van der Waals surface area contributed by atoms with Gasteiger partial charge in [-0.25, -0.2) is 0 Å². The fraction of sp³-hybridized carbons (Fsp3) is 0.833. The Hall–Kier alpha value is -1.11. The molecule has 0 aliphatic carbocycles. The fourth-order valence-electron chi connectivity index (χ4n) is 2.53. The van der Waals surface area contributed by atoms with E-state index in [2.05, 4.69) is 10.2 Å². The zero-order valence-electron chi connectivity index (χ0n) is 11.2. The van der Waals surface area contributed by atoms with Gasteiger partial charge in [0.2, 0.25) is 0 Å². The molecule has 108 valence electrons. The van der Waals surface area contributed by atoms with E-state index in [1.54, 1.807) is 6.33 Å². The molecule has 2 rings (SSSR count). The topological polar surface area (TPSA) is 34.0 Å². The standard InChI is InChI=1S/C12H19F3N4/c1-9(12(13,14)15)7-19-5-3-10(4-6-19)11-17-16-8-18(11)2/h8-10H,3-7H2,1-2H3/t9-/m0/s1. The molecule has 19 heavy (non-hydrogen) atoms. The van der Waals surface area contributed by atoms with Crippen molar-refractivity contribution in [3.05, 3.63) is 12.2 Å². The number of aromatic nitrogens is 3. The molecule has 0 N–H and O–H groups in total. The summed E-state index contributed by atoms with van der Waals surface area (Å²) in [4.78, 5) is 1.89. The predicted octanol–water partition coefficient (Wildman–Crippen LogP) is 2.19. The first-order valence-electron chi connectivity index (χ1n) is 6.51. The van der Waals surface area contributed by atoms with Crippen LogP contribution in [0.15, 0.2) is 6.33 Å². The number of rotatable bonds is 3. The van der Waals surface area contributed by atoms with Crippen LogP contribution in [0.3, 0.4) is 0 Å². The first kappa shape index (κ1) is 14.3. The highest BCUT2D eigenvalue weighted by molar-refractivity contribution is 4.98. The molecule has 0 radical (unpaired) electrons. The summed E-state index contributed by atoms with van der Waals surface area (Å²) in [6.45, 7) is 2.72. The first-order valence-corrected chi connectivity index (χ1v) is 6.51. The summed E-state index contributed by atoms with van der Waals surface area (Å²) < 4.78 is 39.4. The normalized spacial score (nSPS) is 20.7. The Morgan fingerprint density at radius 2 is 2.00 bits per heavy atom. The molecule has 0 unspecified atom stereocenters. The van der Waals surface area contributed by atoms with Gasteiger partial charge in [-0.15, -0.1) is 10.2 Å². The summed E-state index contributed by atoms with van der Waals surface area (Å²) >= 11 is 0. The van der Waals surface area contributed by atoms with Crippen molar-refractivity contribution in [3.8, 4) is 0 Å². The van der Waals surface area contributed by atoms with E-state index in [9.17, 15) is 13.2 Å². The Morgan fingerprint density at radius 3 is 2.47 bits per heavy atom. The summed E-state index contributed by atoms with van der Waals surface area (Å²) in [5.41, 5.74) is 0. The lowest BCUT2D eigenvalue weighted by Crippen LogP contribution is -2.40. The summed E-state index contributed by atoms with van der Waals surface area (Å²) in [7, 11) is 1.90. The van der Waals surface area contributed by atoms with Crippen molar-refractivity contribution in [1.29, 1.82) is 0 Å². The van der Waals surface area contributed by atoms with Crippen LogP contribution in [0.25, 0.3) is 0 Å². The fourth-order valence-corrected chi connectivity index (χ4v) is 2.53. The number of aryl methyl sites for hydroxylation is 1. The van der Waals surface area contributed by atoms with E-state index in [-0.39, 0.29) is 6.54 Å². The minimum absolute atomic E-state index is 0.0923. The van der Waals surface area contributed by atoms with Gasteiger partial charge in [0.25, 0.3) is 0 Å². The van der Waals surface area contributed by atoms with Crippen LogP contribution < -0.4 is 0 Å². The van der Waals surface area contributed by atoms with Gasteiger partial charge in [0.15, 0.2) is 0 Å². The van der Waals surface area contributed by atoms with Crippen LogP contribution in [0.4, 0.5) is 13.2 Å². The Labute approximate surface area is 110 Å². The molecule has 1 aliphatic rings. The van der Waals surface area contributed by atoms with Crippen molar-refractivity contribution in [2.45, 2.75) is 31.9 Å². The second-order valence-electron chi connectivity index (χ2n) is 5.32. The Balaban J connectivity index is 1.85. The maximum Gasteiger partial charge on any atom is 0.392 e. The molecule has 1 aromatic heterocycles. The second-order valence-corrected chi connectivity index (χ2v) is 5.32. The lowest BCUT2D eigenvalue weighted by Gasteiger charge is -2.33. The number of halogens is 3. The Kier molecular flexibility index (Phi) is 4.13. The maximum atomic E-state index is 12.5. The Morgan fingerprint density at radius 1 is 1.37 bits per heavy atom. The lowest BCUT2D eigenvalue weighted by molar-refractivity contribution is -0.174. The smallest absolute Gasteiger partial charge is 0.320 e. The third kappa shape index (κ3) is 3.46. The summed E-state index contributed by atoms with van der Waals surface area (Å²) in [5.74, 6) is -0.0210. The lowest BCUT2D eigenvalue weighted by atomic mass is 9.95. The number of piperidine rings is 1. The SMILES string of the molecule is C[C@@H](CN1CCC(c2nncn2C)CC1)C(F)(F)F. The monoisotopic (exact) mass is 276 g/mol. The van der Waals surface area contributed by atoms with Crippen molar-refractivity contribution in [1.82, 2.24) is 19.7 Å². The number of alkyl halides is 3. The van der Waals surface area contributed by atoms with Crippen LogP contribution in [-0.2, 0) is 7.05 Å². The van der Waals surface area contributed by atoms with E-state index in [1.165, 1.54) is 6.92 Å². The minimum atomic E-state index is -4.10. The highest BCUT2D eigenvalue weighted by Crippen LogP contribution is 2.30. The average molecular weight is 276 g/mol. The highest BCUT2D eigenvalue weighted by atomic mass is 19.4. The average Bonchev–Trinajstić information content (AvgIpc) is 2.75. The third-order valence-corrected chi connectivity index (χ3v) is 3.79. The number of hydrogen-bond donors (Lipinski definition) is 0. The molecule has 0 saturated carbocycles. The van der Waals surface area contributed by atoms with Gasteiger partial charge in [-0.3, -0.25) is 0 Å². The van der Waals surface area contributed by atoms with Crippen molar-refractivity contribution in [2.24, 2.45) is 13.0 Å². The molecule has 1 atom stereocenters. The molecule has 0 spiro atoms. The largest absolute Gasteiger partial charge is 0.392 e. The molecule has 1 fully saturated rings. The zero-order valence-corrected chi connectivity index (χ0v) is 11.2. The quantitative estimate of drug-likeness (QED) is 0.848. The van der Waals surface area contributed by atoms with E-state index in [4.69, 9.17) is 0 Å². The van der Waals surface area contributed by atoms with Gasteiger partial charge in [-0.1, -0.05) is 6.92 Å². The van der Waals surface area contributed by atoms with Crippen LogP contribution in [0.2, 0.25) is 0 Å². The highest BCUT2D eigenvalue weighted by Gasteiger charge is 2.37. The second kappa shape index (κ2) is 5.48. The number of likely N-dealkylation sites (tertiary alicyclic amines) is 1. The van der Waals surface area contributed by atoms with E-state index in [0.29, 0.717) is 19.0 Å². The predicted molar refractivity (Wildman–Crippen MR) is 64.6 cm³/mol. The molecule has 0 bridgehead atoms.